The van der Waals surface area contributed by atoms with Crippen LogP contribution < -0.4 is 5.32 Å². The number of rotatable bonds is 4. The van der Waals surface area contributed by atoms with E-state index in [9.17, 15) is 4.79 Å². The van der Waals surface area contributed by atoms with Crippen molar-refractivity contribution in [2.75, 3.05) is 20.3 Å². The Morgan fingerprint density at radius 1 is 1.30 bits per heavy atom. The molecule has 0 aromatic heterocycles. The molecule has 5 nitrogen and oxygen atoms in total. The molecular formula is C18H25NO4. The molecule has 1 aromatic carbocycles. The van der Waals surface area contributed by atoms with Crippen LogP contribution in [0.2, 0.25) is 0 Å². The van der Waals surface area contributed by atoms with E-state index in [0.29, 0.717) is 19.6 Å². The van der Waals surface area contributed by atoms with E-state index in [1.54, 1.807) is 0 Å². The Kier molecular flexibility index (Phi) is 4.99. The van der Waals surface area contributed by atoms with Gasteiger partial charge in [-0.05, 0) is 18.9 Å². The minimum Gasteiger partial charge on any atom is -0.469 e. The number of carbonyl (C=O) groups is 1. The van der Waals surface area contributed by atoms with Crippen molar-refractivity contribution in [2.24, 2.45) is 5.92 Å². The van der Waals surface area contributed by atoms with E-state index >= 15 is 0 Å². The maximum atomic E-state index is 12.3. The van der Waals surface area contributed by atoms with Gasteiger partial charge >= 0.3 is 5.97 Å². The van der Waals surface area contributed by atoms with Crippen LogP contribution >= 0.6 is 0 Å². The van der Waals surface area contributed by atoms with Gasteiger partial charge in [-0.3, -0.25) is 4.79 Å². The highest BCUT2D eigenvalue weighted by molar-refractivity contribution is 5.73. The Bertz CT molecular complexity index is 527. The molecule has 1 unspecified atom stereocenters. The van der Waals surface area contributed by atoms with Gasteiger partial charge < -0.3 is 19.5 Å². The Morgan fingerprint density at radius 3 is 2.65 bits per heavy atom. The summed E-state index contributed by atoms with van der Waals surface area (Å²) in [5, 5.41) is 3.59. The Balaban J connectivity index is 1.71. The number of methoxy groups -OCH3 is 1. The molecule has 2 fully saturated rings. The molecule has 1 heterocycles. The molecule has 5 heteroatoms. The molecule has 126 valence electrons. The zero-order chi connectivity index (χ0) is 16.3. The second-order valence-corrected chi connectivity index (χ2v) is 6.39. The number of hydrogen-bond donors (Lipinski definition) is 1. The van der Waals surface area contributed by atoms with Crippen molar-refractivity contribution >= 4 is 5.97 Å². The average molecular weight is 319 g/mol. The van der Waals surface area contributed by atoms with Crippen LogP contribution in [0.1, 0.15) is 37.8 Å². The van der Waals surface area contributed by atoms with Gasteiger partial charge in [0.2, 0.25) is 0 Å². The molecule has 0 amide bonds. The van der Waals surface area contributed by atoms with Crippen LogP contribution in [0.15, 0.2) is 30.3 Å². The molecule has 3 rings (SSSR count). The van der Waals surface area contributed by atoms with Crippen molar-refractivity contribution in [2.45, 2.75) is 44.1 Å². The first-order valence-electron chi connectivity index (χ1n) is 8.30. The summed E-state index contributed by atoms with van der Waals surface area (Å²) in [5.41, 5.74) is 1.21. The summed E-state index contributed by atoms with van der Waals surface area (Å²) in [6.07, 6.45) is 2.19. The van der Waals surface area contributed by atoms with Gasteiger partial charge in [0.05, 0.1) is 26.2 Å². The van der Waals surface area contributed by atoms with Crippen LogP contribution in [-0.2, 0) is 19.0 Å². The van der Waals surface area contributed by atoms with Gasteiger partial charge in [-0.25, -0.2) is 0 Å². The van der Waals surface area contributed by atoms with Crippen LogP contribution in [0.25, 0.3) is 0 Å². The van der Waals surface area contributed by atoms with Gasteiger partial charge in [-0.2, -0.15) is 0 Å². The largest absolute Gasteiger partial charge is 0.469 e. The molecule has 1 spiro atoms. The molecule has 0 radical (unpaired) electrons. The van der Waals surface area contributed by atoms with Crippen LogP contribution in [0.5, 0.6) is 0 Å². The van der Waals surface area contributed by atoms with E-state index in [4.69, 9.17) is 14.2 Å². The summed E-state index contributed by atoms with van der Waals surface area (Å²) < 4.78 is 16.6. The minimum atomic E-state index is -0.590. The quantitative estimate of drug-likeness (QED) is 0.864. The smallest absolute Gasteiger partial charge is 0.310 e. The maximum absolute atomic E-state index is 12.3. The first kappa shape index (κ1) is 16.4. The van der Waals surface area contributed by atoms with Crippen LogP contribution in [0, 0.1) is 5.92 Å². The number of ether oxygens (including phenoxy) is 3. The molecule has 23 heavy (non-hydrogen) atoms. The molecule has 1 aromatic rings. The zero-order valence-corrected chi connectivity index (χ0v) is 13.8. The Hall–Kier alpha value is -1.43. The van der Waals surface area contributed by atoms with Crippen LogP contribution in [-0.4, -0.2) is 38.1 Å². The van der Waals surface area contributed by atoms with Gasteiger partial charge in [-0.15, -0.1) is 0 Å². The third-order valence-electron chi connectivity index (χ3n) is 4.93. The average Bonchev–Trinajstić information content (AvgIpc) is 3.04. The molecule has 1 aliphatic heterocycles. The van der Waals surface area contributed by atoms with Gasteiger partial charge in [0.1, 0.15) is 0 Å². The van der Waals surface area contributed by atoms with E-state index in [1.807, 2.05) is 18.2 Å². The fourth-order valence-corrected chi connectivity index (χ4v) is 3.67. The van der Waals surface area contributed by atoms with Crippen molar-refractivity contribution in [3.63, 3.8) is 0 Å². The van der Waals surface area contributed by atoms with Gasteiger partial charge in [0.25, 0.3) is 0 Å². The first-order valence-corrected chi connectivity index (χ1v) is 8.30. The molecular weight excluding hydrogens is 294 g/mol. The third kappa shape index (κ3) is 3.57. The highest BCUT2D eigenvalue weighted by Crippen LogP contribution is 2.40. The molecule has 3 atom stereocenters. The van der Waals surface area contributed by atoms with Crippen molar-refractivity contribution in [3.8, 4) is 0 Å². The summed E-state index contributed by atoms with van der Waals surface area (Å²) in [7, 11) is 1.44. The number of benzene rings is 1. The van der Waals surface area contributed by atoms with Crippen LogP contribution in [0.4, 0.5) is 0 Å². The summed E-state index contributed by atoms with van der Waals surface area (Å²) in [4.78, 5) is 12.3. The standard InChI is InChI=1S/C18H25NO4/c1-13(14-6-4-3-5-7-14)19-16-8-9-18(22-10-11-23-18)12-15(16)17(20)21-2/h3-7,13,15-16,19H,8-12H2,1-2H3/t13-,15-,16?/m0/s1. The lowest BCUT2D eigenvalue weighted by atomic mass is 9.80. The fourth-order valence-electron chi connectivity index (χ4n) is 3.67. The lowest BCUT2D eigenvalue weighted by molar-refractivity contribution is -0.198. The van der Waals surface area contributed by atoms with Crippen LogP contribution in [0.3, 0.4) is 0 Å². The fraction of sp³-hybridized carbons (Fsp3) is 0.611. The summed E-state index contributed by atoms with van der Waals surface area (Å²) in [6, 6.07) is 10.5. The topological polar surface area (TPSA) is 56.8 Å². The van der Waals surface area contributed by atoms with Crippen molar-refractivity contribution in [1.29, 1.82) is 0 Å². The third-order valence-corrected chi connectivity index (χ3v) is 4.93. The monoisotopic (exact) mass is 319 g/mol. The number of hydrogen-bond acceptors (Lipinski definition) is 5. The van der Waals surface area contributed by atoms with Crippen molar-refractivity contribution in [1.82, 2.24) is 5.32 Å². The van der Waals surface area contributed by atoms with Crippen molar-refractivity contribution < 1.29 is 19.0 Å². The predicted octanol–water partition coefficient (Wildman–Crippen LogP) is 2.42. The van der Waals surface area contributed by atoms with Gasteiger partial charge in [0, 0.05) is 24.9 Å². The number of carbonyl (C=O) groups excluding carboxylic acids is 1. The Morgan fingerprint density at radius 2 is 2.00 bits per heavy atom. The van der Waals surface area contributed by atoms with E-state index in [2.05, 4.69) is 24.4 Å². The van der Waals surface area contributed by atoms with E-state index < -0.39 is 5.79 Å². The van der Waals surface area contributed by atoms with E-state index in [1.165, 1.54) is 12.7 Å². The summed E-state index contributed by atoms with van der Waals surface area (Å²) in [5.74, 6) is -1.04. The van der Waals surface area contributed by atoms with Gasteiger partial charge in [0.15, 0.2) is 5.79 Å². The highest BCUT2D eigenvalue weighted by Gasteiger charge is 2.48. The van der Waals surface area contributed by atoms with Crippen molar-refractivity contribution in [3.05, 3.63) is 35.9 Å². The molecule has 0 bridgehead atoms. The predicted molar refractivity (Wildman–Crippen MR) is 85.8 cm³/mol. The lowest BCUT2D eigenvalue weighted by Crippen LogP contribution is -2.51. The molecule has 1 saturated carbocycles. The second-order valence-electron chi connectivity index (χ2n) is 6.39. The summed E-state index contributed by atoms with van der Waals surface area (Å²) in [6.45, 7) is 3.33. The summed E-state index contributed by atoms with van der Waals surface area (Å²) >= 11 is 0. The van der Waals surface area contributed by atoms with E-state index in [-0.39, 0.29) is 24.0 Å². The van der Waals surface area contributed by atoms with E-state index in [0.717, 1.165) is 12.8 Å². The first-order chi connectivity index (χ1) is 11.1. The molecule has 2 aliphatic rings. The highest BCUT2D eigenvalue weighted by atomic mass is 16.7. The molecule has 1 saturated heterocycles. The second kappa shape index (κ2) is 6.99. The number of nitrogens with one attached hydrogen (secondary N) is 1. The normalized spacial score (nSPS) is 27.7. The minimum absolute atomic E-state index is 0.0658. The SMILES string of the molecule is COC(=O)[C@H]1CC2(CCC1N[C@@H](C)c1ccccc1)OCCO2. The number of esters is 1. The Labute approximate surface area is 137 Å². The van der Waals surface area contributed by atoms with Gasteiger partial charge in [-0.1, -0.05) is 30.3 Å². The molecule has 1 aliphatic carbocycles. The lowest BCUT2D eigenvalue weighted by Gasteiger charge is -2.41. The molecule has 1 N–H and O–H groups in total. The maximum Gasteiger partial charge on any atom is 0.310 e. The zero-order valence-electron chi connectivity index (χ0n) is 13.8.